The quantitative estimate of drug-likeness (QED) is 0.630. The van der Waals surface area contributed by atoms with Gasteiger partial charge in [0, 0.05) is 5.69 Å². The van der Waals surface area contributed by atoms with Crippen LogP contribution < -0.4 is 5.32 Å². The van der Waals surface area contributed by atoms with Crippen molar-refractivity contribution in [2.75, 3.05) is 24.9 Å². The summed E-state index contributed by atoms with van der Waals surface area (Å²) in [6.45, 7) is 0.147. The summed E-state index contributed by atoms with van der Waals surface area (Å²) in [7, 11) is 1.32. The summed E-state index contributed by atoms with van der Waals surface area (Å²) in [6, 6.07) is 6.72. The highest BCUT2D eigenvalue weighted by Crippen LogP contribution is 2.11. The van der Waals surface area contributed by atoms with Crippen LogP contribution in [0.15, 0.2) is 24.3 Å². The molecule has 0 spiro atoms. The number of rotatable bonds is 5. The lowest BCUT2D eigenvalue weighted by atomic mass is 10.2. The molecule has 0 radical (unpaired) electrons. The van der Waals surface area contributed by atoms with Gasteiger partial charge in [0.1, 0.15) is 0 Å². The number of ketones is 1. The molecule has 0 fully saturated rings. The van der Waals surface area contributed by atoms with E-state index in [4.69, 9.17) is 11.6 Å². The normalized spacial score (nSPS) is 9.62. The van der Waals surface area contributed by atoms with E-state index in [2.05, 4.69) is 10.1 Å². The van der Waals surface area contributed by atoms with Gasteiger partial charge in [0.05, 0.1) is 25.1 Å². The Morgan fingerprint density at radius 1 is 1.44 bits per heavy atom. The molecule has 1 aromatic carbocycles. The maximum Gasteiger partial charge on any atom is 0.337 e. The third kappa shape index (κ3) is 3.55. The van der Waals surface area contributed by atoms with Gasteiger partial charge in [0.25, 0.3) is 0 Å². The zero-order valence-electron chi connectivity index (χ0n) is 8.83. The number of esters is 1. The summed E-state index contributed by atoms with van der Waals surface area (Å²) in [5.74, 6) is -0.540. The Morgan fingerprint density at radius 3 is 2.81 bits per heavy atom. The molecule has 0 aliphatic heterocycles. The van der Waals surface area contributed by atoms with Crippen molar-refractivity contribution in [3.63, 3.8) is 0 Å². The fourth-order valence-electron chi connectivity index (χ4n) is 1.12. The Labute approximate surface area is 98.5 Å². The lowest BCUT2D eigenvalue weighted by Crippen LogP contribution is -2.15. The third-order valence-electron chi connectivity index (χ3n) is 1.92. The standard InChI is InChI=1S/C11H12ClNO3/c1-16-11(15)8-3-2-4-9(5-8)13-7-10(14)6-12/h2-5,13H,6-7H2,1H3. The van der Waals surface area contributed by atoms with Crippen LogP contribution in [0.5, 0.6) is 0 Å². The van der Waals surface area contributed by atoms with Gasteiger partial charge in [-0.2, -0.15) is 0 Å². The first kappa shape index (κ1) is 12.5. The van der Waals surface area contributed by atoms with Crippen LogP contribution in [0.4, 0.5) is 5.69 Å². The van der Waals surface area contributed by atoms with Crippen molar-refractivity contribution in [3.8, 4) is 0 Å². The summed E-state index contributed by atoms with van der Waals surface area (Å²) in [4.78, 5) is 22.2. The molecule has 0 aliphatic carbocycles. The molecule has 0 atom stereocenters. The number of anilines is 1. The van der Waals surface area contributed by atoms with Gasteiger partial charge in [-0.15, -0.1) is 11.6 Å². The van der Waals surface area contributed by atoms with E-state index in [1.165, 1.54) is 7.11 Å². The van der Waals surface area contributed by atoms with Crippen molar-refractivity contribution in [3.05, 3.63) is 29.8 Å². The zero-order valence-corrected chi connectivity index (χ0v) is 9.58. The number of halogens is 1. The van der Waals surface area contributed by atoms with E-state index in [0.717, 1.165) is 0 Å². The minimum atomic E-state index is -0.410. The lowest BCUT2D eigenvalue weighted by Gasteiger charge is -2.06. The number of hydrogen-bond donors (Lipinski definition) is 1. The Bertz CT molecular complexity index is 393. The minimum Gasteiger partial charge on any atom is -0.465 e. The average Bonchev–Trinajstić information content (AvgIpc) is 2.35. The van der Waals surface area contributed by atoms with Crippen LogP contribution in [0.3, 0.4) is 0 Å². The first-order valence-electron chi connectivity index (χ1n) is 4.67. The molecule has 1 rings (SSSR count). The number of hydrogen-bond acceptors (Lipinski definition) is 4. The predicted octanol–water partition coefficient (Wildman–Crippen LogP) is 1.69. The largest absolute Gasteiger partial charge is 0.465 e. The minimum absolute atomic E-state index is 0.0241. The van der Waals surface area contributed by atoms with Gasteiger partial charge in [0.15, 0.2) is 5.78 Å². The number of carbonyl (C=O) groups is 2. The van der Waals surface area contributed by atoms with Crippen LogP contribution in [0.1, 0.15) is 10.4 Å². The van der Waals surface area contributed by atoms with Crippen molar-refractivity contribution in [1.29, 1.82) is 0 Å². The molecule has 0 saturated carbocycles. The number of alkyl halides is 1. The highest BCUT2D eigenvalue weighted by Gasteiger charge is 2.06. The van der Waals surface area contributed by atoms with Crippen LogP contribution in [0, 0.1) is 0 Å². The molecule has 0 saturated heterocycles. The molecule has 5 heteroatoms. The third-order valence-corrected chi connectivity index (χ3v) is 2.22. The van der Waals surface area contributed by atoms with Crippen molar-refractivity contribution in [2.45, 2.75) is 0 Å². The van der Waals surface area contributed by atoms with Gasteiger partial charge in [-0.1, -0.05) is 6.07 Å². The maximum atomic E-state index is 11.2. The Morgan fingerprint density at radius 2 is 2.19 bits per heavy atom. The first-order valence-corrected chi connectivity index (χ1v) is 5.20. The molecule has 0 bridgehead atoms. The van der Waals surface area contributed by atoms with Gasteiger partial charge in [0.2, 0.25) is 0 Å². The first-order chi connectivity index (χ1) is 7.67. The van der Waals surface area contributed by atoms with Crippen molar-refractivity contribution in [2.24, 2.45) is 0 Å². The molecule has 1 N–H and O–H groups in total. The van der Waals surface area contributed by atoms with E-state index in [0.29, 0.717) is 11.3 Å². The van der Waals surface area contributed by atoms with Crippen molar-refractivity contribution < 1.29 is 14.3 Å². The second kappa shape index (κ2) is 6.12. The molecule has 1 aromatic rings. The molecule has 0 aliphatic rings. The fraction of sp³-hybridized carbons (Fsp3) is 0.273. The average molecular weight is 242 g/mol. The topological polar surface area (TPSA) is 55.4 Å². The van der Waals surface area contributed by atoms with Gasteiger partial charge in [-0.3, -0.25) is 4.79 Å². The SMILES string of the molecule is COC(=O)c1cccc(NCC(=O)CCl)c1. The monoisotopic (exact) mass is 241 g/mol. The molecular weight excluding hydrogens is 230 g/mol. The van der Waals surface area contributed by atoms with Crippen LogP contribution in [-0.4, -0.2) is 31.3 Å². The van der Waals surface area contributed by atoms with Gasteiger partial charge < -0.3 is 10.1 Å². The van der Waals surface area contributed by atoms with E-state index in [1.807, 2.05) is 0 Å². The predicted molar refractivity (Wildman–Crippen MR) is 62.0 cm³/mol. The molecular formula is C11H12ClNO3. The van der Waals surface area contributed by atoms with Crippen molar-refractivity contribution >= 4 is 29.0 Å². The van der Waals surface area contributed by atoms with E-state index in [1.54, 1.807) is 24.3 Å². The molecule has 0 amide bonds. The molecule has 86 valence electrons. The number of methoxy groups -OCH3 is 1. The smallest absolute Gasteiger partial charge is 0.337 e. The summed E-state index contributed by atoms with van der Waals surface area (Å²) in [6.07, 6.45) is 0. The van der Waals surface area contributed by atoms with E-state index >= 15 is 0 Å². The number of nitrogens with one attached hydrogen (secondary N) is 1. The van der Waals surface area contributed by atoms with Crippen LogP contribution in [-0.2, 0) is 9.53 Å². The van der Waals surface area contributed by atoms with Crippen molar-refractivity contribution in [1.82, 2.24) is 0 Å². The highest BCUT2D eigenvalue weighted by molar-refractivity contribution is 6.28. The van der Waals surface area contributed by atoms with E-state index in [9.17, 15) is 9.59 Å². The van der Waals surface area contributed by atoms with Crippen LogP contribution >= 0.6 is 11.6 Å². The highest BCUT2D eigenvalue weighted by atomic mass is 35.5. The summed E-state index contributed by atoms with van der Waals surface area (Å²) in [5.41, 5.74) is 1.12. The molecule has 4 nitrogen and oxygen atoms in total. The molecule has 0 unspecified atom stereocenters. The van der Waals surface area contributed by atoms with E-state index < -0.39 is 5.97 Å². The van der Waals surface area contributed by atoms with Crippen LogP contribution in [0.25, 0.3) is 0 Å². The summed E-state index contributed by atoms with van der Waals surface area (Å²) < 4.78 is 4.58. The molecule has 16 heavy (non-hydrogen) atoms. The zero-order chi connectivity index (χ0) is 12.0. The number of benzene rings is 1. The Hall–Kier alpha value is -1.55. The number of Topliss-reactive ketones (excluding diaryl/α,β-unsaturated/α-hetero) is 1. The van der Waals surface area contributed by atoms with E-state index in [-0.39, 0.29) is 18.2 Å². The maximum absolute atomic E-state index is 11.2. The van der Waals surface area contributed by atoms with Gasteiger partial charge >= 0.3 is 5.97 Å². The summed E-state index contributed by atoms with van der Waals surface area (Å²) >= 11 is 5.36. The summed E-state index contributed by atoms with van der Waals surface area (Å²) in [5, 5.41) is 2.87. The molecule has 0 heterocycles. The number of ether oxygens (including phenoxy) is 1. The lowest BCUT2D eigenvalue weighted by molar-refractivity contribution is -0.115. The molecule has 0 aromatic heterocycles. The second-order valence-corrected chi connectivity index (χ2v) is 3.37. The Balaban J connectivity index is 2.67. The van der Waals surface area contributed by atoms with Gasteiger partial charge in [-0.25, -0.2) is 4.79 Å². The fourth-order valence-corrected chi connectivity index (χ4v) is 1.22. The second-order valence-electron chi connectivity index (χ2n) is 3.10. The Kier molecular flexibility index (Phi) is 4.79. The number of carbonyl (C=O) groups excluding carboxylic acids is 2. The van der Waals surface area contributed by atoms with Crippen LogP contribution in [0.2, 0.25) is 0 Å². The van der Waals surface area contributed by atoms with Gasteiger partial charge in [-0.05, 0) is 18.2 Å².